The number of nitro groups is 1. The normalized spacial score (nSPS) is 10.4. The summed E-state index contributed by atoms with van der Waals surface area (Å²) in [5.41, 5.74) is -0.137. The second-order valence-electron chi connectivity index (χ2n) is 3.92. The average Bonchev–Trinajstić information content (AvgIpc) is 2.70. The van der Waals surface area contributed by atoms with Gasteiger partial charge in [0.25, 0.3) is 11.6 Å². The minimum absolute atomic E-state index is 0.0675. The maximum Gasteiger partial charge on any atom is 0.322 e. The lowest BCUT2D eigenvalue weighted by Gasteiger charge is -2.11. The van der Waals surface area contributed by atoms with Crippen LogP contribution in [0.4, 0.5) is 5.69 Å². The van der Waals surface area contributed by atoms with Gasteiger partial charge in [-0.3, -0.25) is 19.7 Å². The van der Waals surface area contributed by atoms with Gasteiger partial charge >= 0.3 is 5.97 Å². The molecule has 0 spiro atoms. The molecule has 0 aliphatic rings. The first-order valence-corrected chi connectivity index (χ1v) is 5.19. The lowest BCUT2D eigenvalue weighted by molar-refractivity contribution is -0.384. The molecule has 0 saturated heterocycles. The van der Waals surface area contributed by atoms with Crippen LogP contribution in [0.1, 0.15) is 30.4 Å². The molecule has 1 amide bonds. The van der Waals surface area contributed by atoms with Crippen LogP contribution in [0.2, 0.25) is 0 Å². The van der Waals surface area contributed by atoms with Gasteiger partial charge in [-0.25, -0.2) is 0 Å². The van der Waals surface area contributed by atoms with Crippen LogP contribution in [-0.2, 0) is 4.79 Å². The van der Waals surface area contributed by atoms with E-state index in [1.54, 1.807) is 13.8 Å². The number of aromatic nitrogens is 1. The molecule has 98 valence electrons. The summed E-state index contributed by atoms with van der Waals surface area (Å²) in [5, 5.41) is 21.3. The fourth-order valence-corrected chi connectivity index (χ4v) is 1.42. The maximum absolute atomic E-state index is 11.7. The molecule has 0 bridgehead atoms. The number of rotatable bonds is 5. The largest absolute Gasteiger partial charge is 0.480 e. The van der Waals surface area contributed by atoms with Crippen molar-refractivity contribution in [3.8, 4) is 0 Å². The zero-order valence-electron chi connectivity index (χ0n) is 9.91. The van der Waals surface area contributed by atoms with Crippen molar-refractivity contribution in [3.63, 3.8) is 0 Å². The highest BCUT2D eigenvalue weighted by molar-refractivity contribution is 5.95. The molecular weight excluding hydrogens is 242 g/mol. The van der Waals surface area contributed by atoms with Crippen molar-refractivity contribution in [1.29, 1.82) is 0 Å². The highest BCUT2D eigenvalue weighted by atomic mass is 16.6. The number of hydrogen-bond donors (Lipinski definition) is 2. The fourth-order valence-electron chi connectivity index (χ4n) is 1.42. The third-order valence-electron chi connectivity index (χ3n) is 2.23. The molecule has 2 N–H and O–H groups in total. The monoisotopic (exact) mass is 255 g/mol. The number of carbonyl (C=O) groups excluding carboxylic acids is 1. The predicted octanol–water partition coefficient (Wildman–Crippen LogP) is 0.792. The Kier molecular flexibility index (Phi) is 4.03. The summed E-state index contributed by atoms with van der Waals surface area (Å²) < 4.78 is 1.43. The Morgan fingerprint density at radius 2 is 2.17 bits per heavy atom. The van der Waals surface area contributed by atoms with E-state index >= 15 is 0 Å². The van der Waals surface area contributed by atoms with Crippen LogP contribution in [0.5, 0.6) is 0 Å². The highest BCUT2D eigenvalue weighted by Crippen LogP contribution is 2.20. The van der Waals surface area contributed by atoms with E-state index in [4.69, 9.17) is 5.11 Å². The minimum atomic E-state index is -1.18. The van der Waals surface area contributed by atoms with E-state index < -0.39 is 23.3 Å². The SMILES string of the molecule is CC(C)n1cc([N+](=O)[O-])cc1C(=O)NCC(=O)O. The Labute approximate surface area is 102 Å². The Morgan fingerprint density at radius 3 is 2.61 bits per heavy atom. The van der Waals surface area contributed by atoms with E-state index in [1.165, 1.54) is 10.8 Å². The van der Waals surface area contributed by atoms with E-state index in [1.807, 2.05) is 0 Å². The molecule has 0 aromatic carbocycles. The summed E-state index contributed by atoms with van der Waals surface area (Å²) in [5.74, 6) is -1.83. The van der Waals surface area contributed by atoms with Gasteiger partial charge in [-0.2, -0.15) is 0 Å². The summed E-state index contributed by atoms with van der Waals surface area (Å²) in [6.07, 6.45) is 1.25. The van der Waals surface area contributed by atoms with Crippen LogP contribution in [0.25, 0.3) is 0 Å². The molecule has 0 saturated carbocycles. The van der Waals surface area contributed by atoms with Gasteiger partial charge in [0.1, 0.15) is 12.2 Å². The maximum atomic E-state index is 11.7. The summed E-state index contributed by atoms with van der Waals surface area (Å²) in [6.45, 7) is 2.99. The van der Waals surface area contributed by atoms with Crippen molar-refractivity contribution in [2.45, 2.75) is 19.9 Å². The quantitative estimate of drug-likeness (QED) is 0.596. The lowest BCUT2D eigenvalue weighted by atomic mass is 10.3. The highest BCUT2D eigenvalue weighted by Gasteiger charge is 2.20. The van der Waals surface area contributed by atoms with E-state index in [0.29, 0.717) is 0 Å². The molecule has 0 aliphatic heterocycles. The molecule has 1 aromatic heterocycles. The first-order chi connectivity index (χ1) is 8.32. The number of amides is 1. The summed E-state index contributed by atoms with van der Waals surface area (Å²) >= 11 is 0. The minimum Gasteiger partial charge on any atom is -0.480 e. The van der Waals surface area contributed by atoms with Crippen molar-refractivity contribution in [2.24, 2.45) is 0 Å². The third-order valence-corrected chi connectivity index (χ3v) is 2.23. The summed E-state index contributed by atoms with van der Waals surface area (Å²) in [7, 11) is 0. The van der Waals surface area contributed by atoms with Crippen molar-refractivity contribution in [2.75, 3.05) is 6.54 Å². The van der Waals surface area contributed by atoms with Gasteiger partial charge in [0.05, 0.1) is 11.1 Å². The van der Waals surface area contributed by atoms with Crippen LogP contribution >= 0.6 is 0 Å². The predicted molar refractivity (Wildman–Crippen MR) is 61.4 cm³/mol. The van der Waals surface area contributed by atoms with E-state index in [9.17, 15) is 19.7 Å². The zero-order chi connectivity index (χ0) is 13.9. The smallest absolute Gasteiger partial charge is 0.322 e. The molecule has 8 heteroatoms. The number of carboxylic acids is 1. The number of nitrogens with one attached hydrogen (secondary N) is 1. The van der Waals surface area contributed by atoms with E-state index in [-0.39, 0.29) is 17.4 Å². The molecule has 1 rings (SSSR count). The number of nitrogens with zero attached hydrogens (tertiary/aromatic N) is 2. The van der Waals surface area contributed by atoms with Crippen molar-refractivity contribution in [1.82, 2.24) is 9.88 Å². The lowest BCUT2D eigenvalue weighted by Crippen LogP contribution is -2.31. The van der Waals surface area contributed by atoms with Crippen molar-refractivity contribution in [3.05, 3.63) is 28.1 Å². The summed E-state index contributed by atoms with van der Waals surface area (Å²) in [6, 6.07) is 0.973. The molecule has 8 nitrogen and oxygen atoms in total. The molecule has 0 fully saturated rings. The summed E-state index contributed by atoms with van der Waals surface area (Å²) in [4.78, 5) is 32.1. The first kappa shape index (κ1) is 13.7. The molecule has 1 aromatic rings. The second kappa shape index (κ2) is 5.30. The average molecular weight is 255 g/mol. The van der Waals surface area contributed by atoms with Crippen LogP contribution in [-0.4, -0.2) is 33.0 Å². The van der Waals surface area contributed by atoms with Gasteiger partial charge < -0.3 is 15.0 Å². The van der Waals surface area contributed by atoms with Gasteiger partial charge in [-0.05, 0) is 13.8 Å². The van der Waals surface area contributed by atoms with Crippen LogP contribution < -0.4 is 5.32 Å². The molecule has 1 heterocycles. The van der Waals surface area contributed by atoms with Crippen LogP contribution in [0.3, 0.4) is 0 Å². The van der Waals surface area contributed by atoms with Crippen LogP contribution in [0.15, 0.2) is 12.3 Å². The first-order valence-electron chi connectivity index (χ1n) is 5.19. The Balaban J connectivity index is 3.02. The Hall–Kier alpha value is -2.38. The molecule has 0 aliphatic carbocycles. The molecule has 0 radical (unpaired) electrons. The standard InChI is InChI=1S/C10H13N3O5/c1-6(2)12-5-7(13(17)18)3-8(12)10(16)11-4-9(14)15/h3,5-6H,4H2,1-2H3,(H,11,16)(H,14,15). The van der Waals surface area contributed by atoms with Crippen molar-refractivity contribution >= 4 is 17.6 Å². The second-order valence-corrected chi connectivity index (χ2v) is 3.92. The topological polar surface area (TPSA) is 114 Å². The number of carbonyl (C=O) groups is 2. The van der Waals surface area contributed by atoms with Gasteiger partial charge in [0.2, 0.25) is 0 Å². The van der Waals surface area contributed by atoms with Gasteiger partial charge in [-0.15, -0.1) is 0 Å². The van der Waals surface area contributed by atoms with E-state index in [2.05, 4.69) is 5.32 Å². The number of hydrogen-bond acceptors (Lipinski definition) is 4. The Morgan fingerprint density at radius 1 is 1.56 bits per heavy atom. The number of carboxylic acid groups (broad SMARTS) is 1. The number of aliphatic carboxylic acids is 1. The molecule has 0 atom stereocenters. The molecule has 0 unspecified atom stereocenters. The van der Waals surface area contributed by atoms with Gasteiger partial charge in [0.15, 0.2) is 0 Å². The Bertz CT molecular complexity index is 492. The fraction of sp³-hybridized carbons (Fsp3) is 0.400. The molecule has 18 heavy (non-hydrogen) atoms. The third kappa shape index (κ3) is 3.06. The van der Waals surface area contributed by atoms with Crippen LogP contribution in [0, 0.1) is 10.1 Å². The molecular formula is C10H13N3O5. The zero-order valence-corrected chi connectivity index (χ0v) is 9.91. The van der Waals surface area contributed by atoms with Gasteiger partial charge in [-0.1, -0.05) is 0 Å². The van der Waals surface area contributed by atoms with E-state index in [0.717, 1.165) is 6.07 Å². The van der Waals surface area contributed by atoms with Gasteiger partial charge in [0, 0.05) is 12.1 Å². The van der Waals surface area contributed by atoms with Crippen molar-refractivity contribution < 1.29 is 19.6 Å².